The van der Waals surface area contributed by atoms with Gasteiger partial charge in [-0.25, -0.2) is 9.78 Å². The lowest BCUT2D eigenvalue weighted by Crippen LogP contribution is -2.14. The number of aliphatic hydroxyl groups excluding tert-OH is 1. The number of carbonyl (C=O) groups is 1. The molecule has 0 aliphatic heterocycles. The van der Waals surface area contributed by atoms with E-state index in [0.717, 1.165) is 5.56 Å². The van der Waals surface area contributed by atoms with Crippen LogP contribution in [0, 0.1) is 0 Å². The molecule has 0 saturated carbocycles. The highest BCUT2D eigenvalue weighted by Crippen LogP contribution is 2.18. The molecular weight excluding hydrogens is 280 g/mol. The SMILES string of the molecule is O=C(O)c1nc(NCC(O)c2ccccc2)ccc1Cl. The third-order valence-electron chi connectivity index (χ3n) is 2.71. The van der Waals surface area contributed by atoms with Crippen molar-refractivity contribution in [3.8, 4) is 0 Å². The number of halogens is 1. The number of nitrogens with one attached hydrogen (secondary N) is 1. The molecule has 3 N–H and O–H groups in total. The highest BCUT2D eigenvalue weighted by Gasteiger charge is 2.12. The van der Waals surface area contributed by atoms with E-state index in [9.17, 15) is 9.90 Å². The van der Waals surface area contributed by atoms with E-state index in [1.54, 1.807) is 6.07 Å². The number of nitrogens with zero attached hydrogens (tertiary/aromatic N) is 1. The van der Waals surface area contributed by atoms with Crippen molar-refractivity contribution in [1.29, 1.82) is 0 Å². The molecule has 0 bridgehead atoms. The van der Waals surface area contributed by atoms with Crippen LogP contribution in [0.1, 0.15) is 22.2 Å². The van der Waals surface area contributed by atoms with Crippen molar-refractivity contribution in [2.45, 2.75) is 6.10 Å². The van der Waals surface area contributed by atoms with E-state index in [4.69, 9.17) is 16.7 Å². The smallest absolute Gasteiger partial charge is 0.356 e. The fourth-order valence-corrected chi connectivity index (χ4v) is 1.87. The molecule has 1 aromatic carbocycles. The van der Waals surface area contributed by atoms with Crippen LogP contribution in [0.3, 0.4) is 0 Å². The summed E-state index contributed by atoms with van der Waals surface area (Å²) < 4.78 is 0. The zero-order valence-electron chi connectivity index (χ0n) is 10.5. The van der Waals surface area contributed by atoms with Gasteiger partial charge >= 0.3 is 5.97 Å². The van der Waals surface area contributed by atoms with Crippen molar-refractivity contribution >= 4 is 23.4 Å². The summed E-state index contributed by atoms with van der Waals surface area (Å²) in [6.45, 7) is 0.220. The number of aromatic carboxylic acids is 1. The Morgan fingerprint density at radius 3 is 2.60 bits per heavy atom. The summed E-state index contributed by atoms with van der Waals surface area (Å²) in [7, 11) is 0. The van der Waals surface area contributed by atoms with Crippen LogP contribution < -0.4 is 5.32 Å². The molecule has 1 unspecified atom stereocenters. The molecule has 0 aliphatic rings. The molecule has 2 aromatic rings. The van der Waals surface area contributed by atoms with Crippen molar-refractivity contribution in [3.63, 3.8) is 0 Å². The maximum absolute atomic E-state index is 10.9. The Labute approximate surface area is 120 Å². The van der Waals surface area contributed by atoms with Gasteiger partial charge in [-0.2, -0.15) is 0 Å². The zero-order chi connectivity index (χ0) is 14.5. The first kappa shape index (κ1) is 14.3. The van der Waals surface area contributed by atoms with Gasteiger partial charge in [0.15, 0.2) is 5.69 Å². The van der Waals surface area contributed by atoms with E-state index in [0.29, 0.717) is 5.82 Å². The largest absolute Gasteiger partial charge is 0.476 e. The minimum atomic E-state index is -1.19. The van der Waals surface area contributed by atoms with Gasteiger partial charge in [0, 0.05) is 6.54 Å². The first-order valence-electron chi connectivity index (χ1n) is 5.94. The van der Waals surface area contributed by atoms with E-state index in [1.807, 2.05) is 30.3 Å². The van der Waals surface area contributed by atoms with E-state index in [1.165, 1.54) is 6.07 Å². The predicted molar refractivity (Wildman–Crippen MR) is 76.1 cm³/mol. The van der Waals surface area contributed by atoms with Crippen molar-refractivity contribution < 1.29 is 15.0 Å². The third kappa shape index (κ3) is 3.46. The molecule has 1 aromatic heterocycles. The maximum Gasteiger partial charge on any atom is 0.356 e. The first-order valence-corrected chi connectivity index (χ1v) is 6.32. The summed E-state index contributed by atoms with van der Waals surface area (Å²) in [5.41, 5.74) is 0.554. The number of carboxylic acids is 1. The molecule has 0 saturated heterocycles. The second-order valence-corrected chi connectivity index (χ2v) is 4.55. The number of rotatable bonds is 5. The molecule has 0 fully saturated rings. The van der Waals surface area contributed by atoms with Crippen molar-refractivity contribution in [1.82, 2.24) is 4.98 Å². The minimum absolute atomic E-state index is 0.0756. The fraction of sp³-hybridized carbons (Fsp3) is 0.143. The Morgan fingerprint density at radius 2 is 1.95 bits per heavy atom. The molecule has 1 atom stereocenters. The molecule has 0 spiro atoms. The van der Waals surface area contributed by atoms with Gasteiger partial charge in [-0.3, -0.25) is 0 Å². The molecule has 0 aliphatic carbocycles. The number of benzene rings is 1. The Balaban J connectivity index is 2.04. The highest BCUT2D eigenvalue weighted by atomic mass is 35.5. The Bertz CT molecular complexity index is 605. The standard InChI is InChI=1S/C14H13ClN2O3/c15-10-6-7-12(17-13(10)14(19)20)16-8-11(18)9-4-2-1-3-5-9/h1-7,11,18H,8H2,(H,16,17)(H,19,20). The normalized spacial score (nSPS) is 11.9. The van der Waals surface area contributed by atoms with Crippen LogP contribution >= 0.6 is 11.6 Å². The van der Waals surface area contributed by atoms with Crippen molar-refractivity contribution in [3.05, 3.63) is 58.7 Å². The lowest BCUT2D eigenvalue weighted by atomic mass is 10.1. The molecule has 6 heteroatoms. The van der Waals surface area contributed by atoms with Gasteiger partial charge in [0.1, 0.15) is 5.82 Å². The van der Waals surface area contributed by atoms with E-state index in [-0.39, 0.29) is 17.3 Å². The van der Waals surface area contributed by atoms with Gasteiger partial charge in [-0.15, -0.1) is 0 Å². The van der Waals surface area contributed by atoms with Crippen LogP contribution in [-0.4, -0.2) is 27.7 Å². The first-order chi connectivity index (χ1) is 9.58. The number of hydrogen-bond donors (Lipinski definition) is 3. The van der Waals surface area contributed by atoms with Gasteiger partial charge in [0.25, 0.3) is 0 Å². The Kier molecular flexibility index (Phi) is 4.55. The van der Waals surface area contributed by atoms with Crippen molar-refractivity contribution in [2.75, 3.05) is 11.9 Å². The second-order valence-electron chi connectivity index (χ2n) is 4.14. The average molecular weight is 293 g/mol. The monoisotopic (exact) mass is 292 g/mol. The molecule has 20 heavy (non-hydrogen) atoms. The summed E-state index contributed by atoms with van der Waals surface area (Å²) in [4.78, 5) is 14.8. The number of aromatic nitrogens is 1. The Morgan fingerprint density at radius 1 is 1.25 bits per heavy atom. The minimum Gasteiger partial charge on any atom is -0.476 e. The van der Waals surface area contributed by atoms with E-state index >= 15 is 0 Å². The molecule has 2 rings (SSSR count). The van der Waals surface area contributed by atoms with Gasteiger partial charge in [0.05, 0.1) is 11.1 Å². The molecule has 0 amide bonds. The summed E-state index contributed by atoms with van der Waals surface area (Å²) in [5, 5.41) is 21.9. The van der Waals surface area contributed by atoms with Crippen LogP contribution in [0.25, 0.3) is 0 Å². The number of anilines is 1. The lowest BCUT2D eigenvalue weighted by molar-refractivity contribution is 0.0691. The average Bonchev–Trinajstić information content (AvgIpc) is 2.46. The summed E-state index contributed by atoms with van der Waals surface area (Å²) in [6, 6.07) is 12.2. The lowest BCUT2D eigenvalue weighted by Gasteiger charge is -2.13. The summed E-state index contributed by atoms with van der Waals surface area (Å²) in [5.74, 6) is -0.843. The van der Waals surface area contributed by atoms with Gasteiger partial charge in [-0.1, -0.05) is 41.9 Å². The molecule has 104 valence electrons. The van der Waals surface area contributed by atoms with Gasteiger partial charge in [-0.05, 0) is 17.7 Å². The molecule has 5 nitrogen and oxygen atoms in total. The van der Waals surface area contributed by atoms with Crippen molar-refractivity contribution in [2.24, 2.45) is 0 Å². The number of pyridine rings is 1. The summed E-state index contributed by atoms with van der Waals surface area (Å²) >= 11 is 5.73. The Hall–Kier alpha value is -2.11. The summed E-state index contributed by atoms with van der Waals surface area (Å²) in [6.07, 6.45) is -0.707. The molecule has 1 heterocycles. The van der Waals surface area contributed by atoms with Crippen LogP contribution in [0.15, 0.2) is 42.5 Å². The third-order valence-corrected chi connectivity index (χ3v) is 3.01. The van der Waals surface area contributed by atoms with Crippen LogP contribution in [0.4, 0.5) is 5.82 Å². The highest BCUT2D eigenvalue weighted by molar-refractivity contribution is 6.33. The number of aliphatic hydroxyl groups is 1. The molecule has 0 radical (unpaired) electrons. The van der Waals surface area contributed by atoms with E-state index < -0.39 is 12.1 Å². The predicted octanol–water partition coefficient (Wildman–Crippen LogP) is 2.58. The fourth-order valence-electron chi connectivity index (χ4n) is 1.68. The van der Waals surface area contributed by atoms with Gasteiger partial charge in [0.2, 0.25) is 0 Å². The topological polar surface area (TPSA) is 82.5 Å². The second kappa shape index (κ2) is 6.36. The van der Waals surface area contributed by atoms with Gasteiger partial charge < -0.3 is 15.5 Å². The zero-order valence-corrected chi connectivity index (χ0v) is 11.2. The van der Waals surface area contributed by atoms with Crippen LogP contribution in [0.2, 0.25) is 5.02 Å². The number of hydrogen-bond acceptors (Lipinski definition) is 4. The maximum atomic E-state index is 10.9. The quantitative estimate of drug-likeness (QED) is 0.789. The molecular formula is C14H13ClN2O3. The van der Waals surface area contributed by atoms with Crippen LogP contribution in [0.5, 0.6) is 0 Å². The van der Waals surface area contributed by atoms with Crippen LogP contribution in [-0.2, 0) is 0 Å². The number of carboxylic acid groups (broad SMARTS) is 1. The van der Waals surface area contributed by atoms with E-state index in [2.05, 4.69) is 10.3 Å².